The zero-order valence-electron chi connectivity index (χ0n) is 11.6. The van der Waals surface area contributed by atoms with E-state index < -0.39 is 0 Å². The monoisotopic (exact) mass is 272 g/mol. The summed E-state index contributed by atoms with van der Waals surface area (Å²) in [7, 11) is 0. The molecule has 0 radical (unpaired) electrons. The summed E-state index contributed by atoms with van der Waals surface area (Å²) >= 11 is 0. The molecule has 1 aromatic heterocycles. The summed E-state index contributed by atoms with van der Waals surface area (Å²) in [6.07, 6.45) is 3.64. The Morgan fingerprint density at radius 1 is 1.40 bits per heavy atom. The molecular weight excluding hydrogens is 255 g/mol. The van der Waals surface area contributed by atoms with Crippen LogP contribution in [0.2, 0.25) is 0 Å². The minimum Gasteiger partial charge on any atom is -0.333 e. The van der Waals surface area contributed by atoms with Gasteiger partial charge in [-0.05, 0) is 23.8 Å². The highest BCUT2D eigenvalue weighted by molar-refractivity contribution is 5.33. The minimum atomic E-state index is -0.388. The Balaban J connectivity index is 2.07. The van der Waals surface area contributed by atoms with Crippen LogP contribution in [-0.4, -0.2) is 15.6 Å². The highest BCUT2D eigenvalue weighted by atomic mass is 19.1. The van der Waals surface area contributed by atoms with E-state index in [0.717, 1.165) is 11.3 Å². The van der Waals surface area contributed by atoms with Crippen molar-refractivity contribution in [3.8, 4) is 6.07 Å². The van der Waals surface area contributed by atoms with Crippen molar-refractivity contribution in [1.82, 2.24) is 14.9 Å². The lowest BCUT2D eigenvalue weighted by atomic mass is 10.1. The fourth-order valence-electron chi connectivity index (χ4n) is 1.91. The fraction of sp³-hybridized carbons (Fsp3) is 0.333. The minimum absolute atomic E-state index is 0.335. The molecule has 1 heterocycles. The van der Waals surface area contributed by atoms with Gasteiger partial charge in [-0.15, -0.1) is 0 Å². The van der Waals surface area contributed by atoms with Crippen molar-refractivity contribution in [2.45, 2.75) is 33.0 Å². The van der Waals surface area contributed by atoms with Gasteiger partial charge < -0.3 is 9.88 Å². The quantitative estimate of drug-likeness (QED) is 0.909. The number of aromatic nitrogens is 2. The fourth-order valence-corrected chi connectivity index (χ4v) is 1.91. The van der Waals surface area contributed by atoms with Crippen molar-refractivity contribution in [1.29, 1.82) is 5.26 Å². The number of nitriles is 1. The van der Waals surface area contributed by atoms with Crippen LogP contribution in [0.4, 0.5) is 4.39 Å². The molecule has 0 fully saturated rings. The third-order valence-corrected chi connectivity index (χ3v) is 2.83. The van der Waals surface area contributed by atoms with Crippen LogP contribution in [-0.2, 0) is 13.1 Å². The first-order valence-corrected chi connectivity index (χ1v) is 6.50. The summed E-state index contributed by atoms with van der Waals surface area (Å²) in [5.74, 6) is -0.388. The summed E-state index contributed by atoms with van der Waals surface area (Å²) < 4.78 is 15.2. The maximum absolute atomic E-state index is 13.3. The average molecular weight is 272 g/mol. The second-order valence-corrected chi connectivity index (χ2v) is 5.03. The molecule has 20 heavy (non-hydrogen) atoms. The number of nitrogens with one attached hydrogen (secondary N) is 1. The Hall–Kier alpha value is -2.19. The standard InChI is InChI=1S/C15H17FN4/c1-11(2)18-7-15-9-20(10-19-15)8-13-3-12(6-17)4-14(16)5-13/h3-5,9-11,18H,7-8H2,1-2H3. The molecule has 0 aliphatic rings. The Labute approximate surface area is 117 Å². The van der Waals surface area contributed by atoms with E-state index in [0.29, 0.717) is 24.7 Å². The van der Waals surface area contributed by atoms with Gasteiger partial charge in [0.1, 0.15) is 5.82 Å². The molecule has 0 amide bonds. The summed E-state index contributed by atoms with van der Waals surface area (Å²) in [5, 5.41) is 12.1. The zero-order valence-corrected chi connectivity index (χ0v) is 11.6. The van der Waals surface area contributed by atoms with E-state index in [1.54, 1.807) is 12.4 Å². The van der Waals surface area contributed by atoms with E-state index in [1.807, 2.05) is 16.8 Å². The van der Waals surface area contributed by atoms with Crippen LogP contribution in [0.3, 0.4) is 0 Å². The lowest BCUT2D eigenvalue weighted by molar-refractivity contribution is 0.582. The van der Waals surface area contributed by atoms with Crippen LogP contribution in [0.1, 0.15) is 30.7 Å². The van der Waals surface area contributed by atoms with Crippen LogP contribution in [0.5, 0.6) is 0 Å². The van der Waals surface area contributed by atoms with Crippen molar-refractivity contribution < 1.29 is 4.39 Å². The number of imidazole rings is 1. The third kappa shape index (κ3) is 3.90. The molecule has 104 valence electrons. The number of hydrogen-bond donors (Lipinski definition) is 1. The smallest absolute Gasteiger partial charge is 0.124 e. The molecule has 0 unspecified atom stereocenters. The molecular formula is C15H17FN4. The second kappa shape index (κ2) is 6.31. The molecule has 0 saturated carbocycles. The van der Waals surface area contributed by atoms with Crippen molar-refractivity contribution in [2.75, 3.05) is 0 Å². The number of halogens is 1. The van der Waals surface area contributed by atoms with E-state index in [1.165, 1.54) is 12.1 Å². The molecule has 0 atom stereocenters. The number of hydrogen-bond acceptors (Lipinski definition) is 3. The number of benzene rings is 1. The zero-order chi connectivity index (χ0) is 14.5. The van der Waals surface area contributed by atoms with Gasteiger partial charge in [-0.25, -0.2) is 9.37 Å². The number of rotatable bonds is 5. The van der Waals surface area contributed by atoms with E-state index in [-0.39, 0.29) is 5.82 Å². The molecule has 4 nitrogen and oxygen atoms in total. The van der Waals surface area contributed by atoms with E-state index in [9.17, 15) is 4.39 Å². The highest BCUT2D eigenvalue weighted by Crippen LogP contribution is 2.10. The highest BCUT2D eigenvalue weighted by Gasteiger charge is 2.04. The molecule has 2 aromatic rings. The van der Waals surface area contributed by atoms with Gasteiger partial charge in [0.05, 0.1) is 23.7 Å². The SMILES string of the molecule is CC(C)NCc1cn(Cc2cc(F)cc(C#N)c2)cn1. The Kier molecular flexibility index (Phi) is 4.49. The first-order chi connectivity index (χ1) is 9.56. The topological polar surface area (TPSA) is 53.6 Å². The summed E-state index contributed by atoms with van der Waals surface area (Å²) in [5.41, 5.74) is 2.03. The third-order valence-electron chi connectivity index (χ3n) is 2.83. The Morgan fingerprint density at radius 3 is 2.90 bits per heavy atom. The van der Waals surface area contributed by atoms with E-state index in [2.05, 4.69) is 24.1 Å². The van der Waals surface area contributed by atoms with Crippen molar-refractivity contribution in [3.05, 3.63) is 53.4 Å². The van der Waals surface area contributed by atoms with Crippen molar-refractivity contribution >= 4 is 0 Å². The molecule has 0 bridgehead atoms. The van der Waals surface area contributed by atoms with Gasteiger partial charge in [0.2, 0.25) is 0 Å². The molecule has 1 N–H and O–H groups in total. The summed E-state index contributed by atoms with van der Waals surface area (Å²) in [4.78, 5) is 4.29. The largest absolute Gasteiger partial charge is 0.333 e. The van der Waals surface area contributed by atoms with Crippen LogP contribution < -0.4 is 5.32 Å². The van der Waals surface area contributed by atoms with Gasteiger partial charge in [-0.2, -0.15) is 5.26 Å². The van der Waals surface area contributed by atoms with Gasteiger partial charge in [0.15, 0.2) is 0 Å². The predicted molar refractivity (Wildman–Crippen MR) is 74.4 cm³/mol. The van der Waals surface area contributed by atoms with Gasteiger partial charge in [0, 0.05) is 25.3 Å². The molecule has 0 saturated heterocycles. The summed E-state index contributed by atoms with van der Waals surface area (Å²) in [6, 6.07) is 6.72. The molecule has 5 heteroatoms. The van der Waals surface area contributed by atoms with E-state index >= 15 is 0 Å². The van der Waals surface area contributed by atoms with E-state index in [4.69, 9.17) is 5.26 Å². The average Bonchev–Trinajstić information content (AvgIpc) is 2.83. The second-order valence-electron chi connectivity index (χ2n) is 5.03. The molecule has 0 aliphatic heterocycles. The lowest BCUT2D eigenvalue weighted by Gasteiger charge is -2.05. The molecule has 0 spiro atoms. The van der Waals surface area contributed by atoms with Crippen LogP contribution in [0.15, 0.2) is 30.7 Å². The molecule has 2 rings (SSSR count). The maximum Gasteiger partial charge on any atom is 0.124 e. The molecule has 0 aliphatic carbocycles. The van der Waals surface area contributed by atoms with Crippen LogP contribution in [0.25, 0.3) is 0 Å². The van der Waals surface area contributed by atoms with Gasteiger partial charge >= 0.3 is 0 Å². The Bertz CT molecular complexity index is 625. The Morgan fingerprint density at radius 2 is 2.20 bits per heavy atom. The summed E-state index contributed by atoms with van der Waals surface area (Å²) in [6.45, 7) is 5.36. The van der Waals surface area contributed by atoms with Crippen molar-refractivity contribution in [3.63, 3.8) is 0 Å². The predicted octanol–water partition coefficient (Wildman–Crippen LogP) is 2.44. The van der Waals surface area contributed by atoms with Gasteiger partial charge in [0.25, 0.3) is 0 Å². The van der Waals surface area contributed by atoms with Gasteiger partial charge in [-0.1, -0.05) is 13.8 Å². The first-order valence-electron chi connectivity index (χ1n) is 6.50. The normalized spacial score (nSPS) is 10.8. The maximum atomic E-state index is 13.3. The lowest BCUT2D eigenvalue weighted by Crippen LogP contribution is -2.21. The van der Waals surface area contributed by atoms with Crippen LogP contribution in [0, 0.1) is 17.1 Å². The van der Waals surface area contributed by atoms with Crippen molar-refractivity contribution in [2.24, 2.45) is 0 Å². The molecule has 1 aromatic carbocycles. The first kappa shape index (κ1) is 14.2. The van der Waals surface area contributed by atoms with Gasteiger partial charge in [-0.3, -0.25) is 0 Å². The van der Waals surface area contributed by atoms with Crippen LogP contribution >= 0.6 is 0 Å². The number of nitrogens with zero attached hydrogens (tertiary/aromatic N) is 3.